The molecule has 2 nitrogen and oxygen atoms in total. The molecular formula is C5H9F3O2. The minimum absolute atomic E-state index is 1.11. The number of hydrogen-bond donors (Lipinski definition) is 1. The highest BCUT2D eigenvalue weighted by Gasteiger charge is 2.41. The molecule has 0 saturated heterocycles. The Labute approximate surface area is 56.6 Å². The summed E-state index contributed by atoms with van der Waals surface area (Å²) in [5.74, 6) is 0. The summed E-state index contributed by atoms with van der Waals surface area (Å²) in [5, 5.41) is 8.40. The Hall–Kier alpha value is -0.290. The van der Waals surface area contributed by atoms with Gasteiger partial charge in [-0.2, -0.15) is 13.2 Å². The van der Waals surface area contributed by atoms with Gasteiger partial charge in [0.25, 0.3) is 0 Å². The third-order valence-electron chi connectivity index (χ3n) is 1.15. The molecule has 2 atom stereocenters. The van der Waals surface area contributed by atoms with Crippen molar-refractivity contribution in [1.29, 1.82) is 0 Å². The lowest BCUT2D eigenvalue weighted by molar-refractivity contribution is -0.230. The topological polar surface area (TPSA) is 29.5 Å². The molecule has 0 aromatic heterocycles. The van der Waals surface area contributed by atoms with Crippen LogP contribution in [0.5, 0.6) is 0 Å². The highest BCUT2D eigenvalue weighted by atomic mass is 19.4. The van der Waals surface area contributed by atoms with E-state index in [4.69, 9.17) is 5.11 Å². The maximum Gasteiger partial charge on any atom is 0.416 e. The molecule has 62 valence electrons. The fourth-order valence-electron chi connectivity index (χ4n) is 0.395. The van der Waals surface area contributed by atoms with Crippen LogP contribution in [0.15, 0.2) is 0 Å². The van der Waals surface area contributed by atoms with Gasteiger partial charge in [-0.15, -0.1) is 0 Å². The molecular weight excluding hydrogens is 149 g/mol. The van der Waals surface area contributed by atoms with Crippen LogP contribution in [-0.2, 0) is 4.74 Å². The van der Waals surface area contributed by atoms with Crippen molar-refractivity contribution in [3.63, 3.8) is 0 Å². The number of halogens is 3. The fourth-order valence-corrected chi connectivity index (χ4v) is 0.395. The Bertz CT molecular complexity index is 102. The van der Waals surface area contributed by atoms with Crippen molar-refractivity contribution in [2.75, 3.05) is 7.11 Å². The predicted molar refractivity (Wildman–Crippen MR) is 28.5 cm³/mol. The van der Waals surface area contributed by atoms with Gasteiger partial charge in [-0.05, 0) is 6.92 Å². The highest BCUT2D eigenvalue weighted by molar-refractivity contribution is 4.71. The van der Waals surface area contributed by atoms with E-state index in [-0.39, 0.29) is 0 Å². The van der Waals surface area contributed by atoms with Gasteiger partial charge in [0, 0.05) is 7.11 Å². The summed E-state index contributed by atoms with van der Waals surface area (Å²) in [6.45, 7) is 1.15. The van der Waals surface area contributed by atoms with Gasteiger partial charge in [0.15, 0.2) is 6.10 Å². The quantitative estimate of drug-likeness (QED) is 0.648. The molecule has 0 aromatic rings. The van der Waals surface area contributed by atoms with Crippen LogP contribution in [0.25, 0.3) is 0 Å². The first-order chi connectivity index (χ1) is 4.39. The predicted octanol–water partition coefficient (Wildman–Crippen LogP) is 0.944. The zero-order valence-electron chi connectivity index (χ0n) is 5.64. The number of alkyl halides is 3. The SMILES string of the molecule is COC(C)C(O)C(F)(F)F. The minimum atomic E-state index is -4.59. The van der Waals surface area contributed by atoms with Crippen molar-refractivity contribution >= 4 is 0 Å². The molecule has 2 unspecified atom stereocenters. The first-order valence-electron chi connectivity index (χ1n) is 2.67. The summed E-state index contributed by atoms with van der Waals surface area (Å²) >= 11 is 0. The lowest BCUT2D eigenvalue weighted by atomic mass is 10.2. The molecule has 0 spiro atoms. The third-order valence-corrected chi connectivity index (χ3v) is 1.15. The van der Waals surface area contributed by atoms with Gasteiger partial charge in [0.1, 0.15) is 0 Å². The molecule has 0 fully saturated rings. The van der Waals surface area contributed by atoms with E-state index in [0.29, 0.717) is 0 Å². The summed E-state index contributed by atoms with van der Waals surface area (Å²) in [7, 11) is 1.11. The molecule has 0 rings (SSSR count). The molecule has 0 aromatic carbocycles. The summed E-state index contributed by atoms with van der Waals surface area (Å²) in [5.41, 5.74) is 0. The second kappa shape index (κ2) is 3.21. The Morgan fingerprint density at radius 1 is 1.40 bits per heavy atom. The van der Waals surface area contributed by atoms with Crippen molar-refractivity contribution in [2.24, 2.45) is 0 Å². The van der Waals surface area contributed by atoms with E-state index in [1.807, 2.05) is 0 Å². The number of methoxy groups -OCH3 is 1. The van der Waals surface area contributed by atoms with Gasteiger partial charge in [0.05, 0.1) is 6.10 Å². The van der Waals surface area contributed by atoms with Gasteiger partial charge in [-0.3, -0.25) is 0 Å². The number of rotatable bonds is 2. The molecule has 0 aliphatic carbocycles. The van der Waals surface area contributed by atoms with Crippen molar-refractivity contribution in [2.45, 2.75) is 25.3 Å². The van der Waals surface area contributed by atoms with E-state index in [1.54, 1.807) is 0 Å². The first kappa shape index (κ1) is 9.71. The summed E-state index contributed by atoms with van der Waals surface area (Å²) < 4.78 is 38.9. The third kappa shape index (κ3) is 2.53. The van der Waals surface area contributed by atoms with E-state index in [1.165, 1.54) is 0 Å². The maximum atomic E-state index is 11.6. The number of aliphatic hydroxyl groups excluding tert-OH is 1. The Morgan fingerprint density at radius 2 is 1.80 bits per heavy atom. The van der Waals surface area contributed by atoms with Crippen LogP contribution in [0.3, 0.4) is 0 Å². The van der Waals surface area contributed by atoms with Crippen molar-refractivity contribution in [3.8, 4) is 0 Å². The minimum Gasteiger partial charge on any atom is -0.381 e. The van der Waals surface area contributed by atoms with Crippen molar-refractivity contribution in [3.05, 3.63) is 0 Å². The molecule has 0 radical (unpaired) electrons. The molecule has 0 heterocycles. The van der Waals surface area contributed by atoms with Crippen LogP contribution in [0.1, 0.15) is 6.92 Å². The molecule has 0 bridgehead atoms. The average molecular weight is 158 g/mol. The van der Waals surface area contributed by atoms with Crippen LogP contribution in [0, 0.1) is 0 Å². The lowest BCUT2D eigenvalue weighted by Gasteiger charge is -2.19. The average Bonchev–Trinajstić information content (AvgIpc) is 1.83. The second-order valence-electron chi connectivity index (χ2n) is 1.93. The summed E-state index contributed by atoms with van der Waals surface area (Å²) in [6, 6.07) is 0. The Balaban J connectivity index is 3.94. The molecule has 0 saturated carbocycles. The smallest absolute Gasteiger partial charge is 0.381 e. The van der Waals surface area contributed by atoms with Crippen LogP contribution in [0.2, 0.25) is 0 Å². The second-order valence-corrected chi connectivity index (χ2v) is 1.93. The van der Waals surface area contributed by atoms with Gasteiger partial charge in [0.2, 0.25) is 0 Å². The maximum absolute atomic E-state index is 11.6. The van der Waals surface area contributed by atoms with Crippen LogP contribution < -0.4 is 0 Å². The fraction of sp³-hybridized carbons (Fsp3) is 1.00. The zero-order chi connectivity index (χ0) is 8.36. The molecule has 0 amide bonds. The van der Waals surface area contributed by atoms with Gasteiger partial charge in [-0.1, -0.05) is 0 Å². The lowest BCUT2D eigenvalue weighted by Crippen LogP contribution is -2.38. The Morgan fingerprint density at radius 3 is 1.90 bits per heavy atom. The van der Waals surface area contributed by atoms with Gasteiger partial charge >= 0.3 is 6.18 Å². The van der Waals surface area contributed by atoms with E-state index in [9.17, 15) is 13.2 Å². The molecule has 1 N–H and O–H groups in total. The van der Waals surface area contributed by atoms with Crippen LogP contribution in [-0.4, -0.2) is 30.6 Å². The number of hydrogen-bond acceptors (Lipinski definition) is 2. The van der Waals surface area contributed by atoms with Crippen LogP contribution in [0.4, 0.5) is 13.2 Å². The van der Waals surface area contributed by atoms with Crippen molar-refractivity contribution < 1.29 is 23.0 Å². The van der Waals surface area contributed by atoms with E-state index >= 15 is 0 Å². The standard InChI is InChI=1S/C5H9F3O2/c1-3(10-2)4(9)5(6,7)8/h3-4,9H,1-2H3. The molecule has 10 heavy (non-hydrogen) atoms. The normalized spacial score (nSPS) is 18.6. The largest absolute Gasteiger partial charge is 0.416 e. The van der Waals surface area contributed by atoms with Gasteiger partial charge < -0.3 is 9.84 Å². The van der Waals surface area contributed by atoms with E-state index < -0.39 is 18.4 Å². The molecule has 0 aliphatic heterocycles. The van der Waals surface area contributed by atoms with Gasteiger partial charge in [-0.25, -0.2) is 0 Å². The summed E-state index contributed by atoms with van der Waals surface area (Å²) in [6.07, 6.45) is -8.19. The van der Waals surface area contributed by atoms with E-state index in [2.05, 4.69) is 4.74 Å². The highest BCUT2D eigenvalue weighted by Crippen LogP contribution is 2.23. The number of aliphatic hydroxyl groups is 1. The van der Waals surface area contributed by atoms with E-state index in [0.717, 1.165) is 14.0 Å². The summed E-state index contributed by atoms with van der Waals surface area (Å²) in [4.78, 5) is 0. The van der Waals surface area contributed by atoms with Crippen LogP contribution >= 0.6 is 0 Å². The Kier molecular flexibility index (Phi) is 3.11. The van der Waals surface area contributed by atoms with Crippen molar-refractivity contribution in [1.82, 2.24) is 0 Å². The monoisotopic (exact) mass is 158 g/mol. The first-order valence-corrected chi connectivity index (χ1v) is 2.67. The molecule has 0 aliphatic rings. The molecule has 5 heteroatoms. The number of ether oxygens (including phenoxy) is 1. The zero-order valence-corrected chi connectivity index (χ0v) is 5.64.